The number of piperidine rings is 1. The fraction of sp³-hybridized carbons (Fsp3) is 0.318. The van der Waals surface area contributed by atoms with Crippen molar-refractivity contribution in [3.63, 3.8) is 0 Å². The molecule has 0 unspecified atom stereocenters. The number of amides is 1. The first kappa shape index (κ1) is 18.4. The third-order valence-corrected chi connectivity index (χ3v) is 5.09. The summed E-state index contributed by atoms with van der Waals surface area (Å²) in [6.45, 7) is 0.877. The summed E-state index contributed by atoms with van der Waals surface area (Å²) in [5.74, 6) is 0.739. The third-order valence-electron chi connectivity index (χ3n) is 5.09. The smallest absolute Gasteiger partial charge is 0.222 e. The molecule has 1 aliphatic heterocycles. The van der Waals surface area contributed by atoms with Gasteiger partial charge in [0.25, 0.3) is 0 Å². The fourth-order valence-electron chi connectivity index (χ4n) is 3.52. The molecule has 3 aromatic rings. The molecule has 3 heterocycles. The van der Waals surface area contributed by atoms with Crippen LogP contribution in [-0.4, -0.2) is 51.2 Å². The van der Waals surface area contributed by atoms with E-state index in [2.05, 4.69) is 9.97 Å². The van der Waals surface area contributed by atoms with Crippen LogP contribution in [0.5, 0.6) is 5.75 Å². The first-order chi connectivity index (χ1) is 13.7. The SMILES string of the molecule is O=C(CCc1cccnc1)N1CC[C@@H](Oc2ccc3cccnc3c2)[C@H](O)C1. The number of pyridine rings is 2. The van der Waals surface area contributed by atoms with Crippen molar-refractivity contribution in [2.75, 3.05) is 13.1 Å². The minimum atomic E-state index is -0.712. The van der Waals surface area contributed by atoms with Crippen molar-refractivity contribution in [2.45, 2.75) is 31.5 Å². The summed E-state index contributed by atoms with van der Waals surface area (Å²) in [5.41, 5.74) is 1.90. The number of nitrogens with zero attached hydrogens (tertiary/aromatic N) is 3. The van der Waals surface area contributed by atoms with Crippen LogP contribution < -0.4 is 4.74 Å². The van der Waals surface area contributed by atoms with E-state index in [1.807, 2.05) is 42.5 Å². The third kappa shape index (κ3) is 4.28. The number of hydrogen-bond acceptors (Lipinski definition) is 5. The van der Waals surface area contributed by atoms with Crippen LogP contribution in [0.2, 0.25) is 0 Å². The lowest BCUT2D eigenvalue weighted by Crippen LogP contribution is -2.51. The molecule has 1 N–H and O–H groups in total. The van der Waals surface area contributed by atoms with Crippen molar-refractivity contribution in [2.24, 2.45) is 0 Å². The largest absolute Gasteiger partial charge is 0.488 e. The second-order valence-corrected chi connectivity index (χ2v) is 7.07. The van der Waals surface area contributed by atoms with Gasteiger partial charge in [-0.3, -0.25) is 14.8 Å². The predicted molar refractivity (Wildman–Crippen MR) is 106 cm³/mol. The number of aliphatic hydroxyl groups excluding tert-OH is 1. The number of carbonyl (C=O) groups excluding carboxylic acids is 1. The molecule has 1 aliphatic rings. The van der Waals surface area contributed by atoms with Crippen LogP contribution >= 0.6 is 0 Å². The Hall–Kier alpha value is -2.99. The van der Waals surface area contributed by atoms with Crippen molar-refractivity contribution in [1.82, 2.24) is 14.9 Å². The maximum atomic E-state index is 12.5. The van der Waals surface area contributed by atoms with E-state index in [0.717, 1.165) is 16.5 Å². The molecule has 0 aliphatic carbocycles. The minimum absolute atomic E-state index is 0.0521. The Morgan fingerprint density at radius 3 is 2.93 bits per heavy atom. The second kappa shape index (κ2) is 8.35. The van der Waals surface area contributed by atoms with Crippen LogP contribution in [0, 0.1) is 0 Å². The molecular weight excluding hydrogens is 354 g/mol. The van der Waals surface area contributed by atoms with E-state index in [1.54, 1.807) is 23.5 Å². The molecule has 1 amide bonds. The molecule has 1 fully saturated rings. The van der Waals surface area contributed by atoms with E-state index in [0.29, 0.717) is 38.1 Å². The van der Waals surface area contributed by atoms with Crippen LogP contribution in [-0.2, 0) is 11.2 Å². The number of likely N-dealkylation sites (tertiary alicyclic amines) is 1. The van der Waals surface area contributed by atoms with Gasteiger partial charge in [0, 0.05) is 49.4 Å². The van der Waals surface area contributed by atoms with Gasteiger partial charge in [0.2, 0.25) is 5.91 Å². The quantitative estimate of drug-likeness (QED) is 0.740. The number of aryl methyl sites for hydroxylation is 1. The molecule has 0 spiro atoms. The zero-order valence-corrected chi connectivity index (χ0v) is 15.6. The number of carbonyl (C=O) groups is 1. The molecule has 2 atom stereocenters. The number of aliphatic hydroxyl groups is 1. The van der Waals surface area contributed by atoms with Gasteiger partial charge in [-0.1, -0.05) is 12.1 Å². The van der Waals surface area contributed by atoms with E-state index in [9.17, 15) is 9.90 Å². The number of β-amino-alcohol motifs (C(OH)–C–C–N with tert-alkyl or cyclic N) is 1. The van der Waals surface area contributed by atoms with Gasteiger partial charge >= 0.3 is 0 Å². The Bertz CT molecular complexity index is 948. The summed E-state index contributed by atoms with van der Waals surface area (Å²) in [6, 6.07) is 13.5. The molecule has 6 nitrogen and oxygen atoms in total. The lowest BCUT2D eigenvalue weighted by Gasteiger charge is -2.36. The molecule has 1 saturated heterocycles. The molecule has 4 rings (SSSR count). The zero-order chi connectivity index (χ0) is 19.3. The van der Waals surface area contributed by atoms with Gasteiger partial charge in [-0.05, 0) is 36.2 Å². The normalized spacial score (nSPS) is 19.5. The lowest BCUT2D eigenvalue weighted by atomic mass is 10.0. The molecule has 6 heteroatoms. The van der Waals surface area contributed by atoms with E-state index < -0.39 is 6.10 Å². The molecular formula is C22H23N3O3. The first-order valence-corrected chi connectivity index (χ1v) is 9.55. The maximum absolute atomic E-state index is 12.5. The Morgan fingerprint density at radius 1 is 1.21 bits per heavy atom. The number of hydrogen-bond donors (Lipinski definition) is 1. The maximum Gasteiger partial charge on any atom is 0.222 e. The summed E-state index contributed by atoms with van der Waals surface area (Å²) >= 11 is 0. The number of aromatic nitrogens is 2. The minimum Gasteiger partial charge on any atom is -0.488 e. The number of benzene rings is 1. The van der Waals surface area contributed by atoms with Crippen LogP contribution in [0.4, 0.5) is 0 Å². The summed E-state index contributed by atoms with van der Waals surface area (Å²) in [4.78, 5) is 22.6. The monoisotopic (exact) mass is 377 g/mol. The second-order valence-electron chi connectivity index (χ2n) is 7.07. The molecule has 28 heavy (non-hydrogen) atoms. The van der Waals surface area contributed by atoms with Gasteiger partial charge in [-0.2, -0.15) is 0 Å². The van der Waals surface area contributed by atoms with Crippen LogP contribution in [0.1, 0.15) is 18.4 Å². The Labute approximate surface area is 163 Å². The fourth-order valence-corrected chi connectivity index (χ4v) is 3.52. The zero-order valence-electron chi connectivity index (χ0n) is 15.6. The van der Waals surface area contributed by atoms with E-state index in [1.165, 1.54) is 0 Å². The highest BCUT2D eigenvalue weighted by molar-refractivity contribution is 5.79. The lowest BCUT2D eigenvalue weighted by molar-refractivity contribution is -0.137. The van der Waals surface area contributed by atoms with Gasteiger partial charge in [0.05, 0.1) is 12.1 Å². The van der Waals surface area contributed by atoms with Crippen molar-refractivity contribution in [3.05, 3.63) is 66.6 Å². The van der Waals surface area contributed by atoms with Crippen LogP contribution in [0.15, 0.2) is 61.1 Å². The number of ether oxygens (including phenoxy) is 1. The van der Waals surface area contributed by atoms with Gasteiger partial charge in [0.15, 0.2) is 0 Å². The van der Waals surface area contributed by atoms with Gasteiger partial charge < -0.3 is 14.7 Å². The average Bonchev–Trinajstić information content (AvgIpc) is 2.74. The van der Waals surface area contributed by atoms with Crippen molar-refractivity contribution < 1.29 is 14.6 Å². The Morgan fingerprint density at radius 2 is 2.11 bits per heavy atom. The molecule has 2 aromatic heterocycles. The van der Waals surface area contributed by atoms with E-state index in [4.69, 9.17) is 4.74 Å². The Balaban J connectivity index is 1.32. The van der Waals surface area contributed by atoms with Gasteiger partial charge in [0.1, 0.15) is 18.0 Å². The molecule has 144 valence electrons. The van der Waals surface area contributed by atoms with E-state index in [-0.39, 0.29) is 12.0 Å². The highest BCUT2D eigenvalue weighted by Crippen LogP contribution is 2.23. The van der Waals surface area contributed by atoms with Crippen LogP contribution in [0.3, 0.4) is 0 Å². The molecule has 0 bridgehead atoms. The van der Waals surface area contributed by atoms with Crippen LogP contribution in [0.25, 0.3) is 10.9 Å². The summed E-state index contributed by atoms with van der Waals surface area (Å²) < 4.78 is 6.00. The summed E-state index contributed by atoms with van der Waals surface area (Å²) in [5, 5.41) is 11.5. The topological polar surface area (TPSA) is 75.6 Å². The predicted octanol–water partition coefficient (Wildman–Crippen LogP) is 2.60. The standard InChI is InChI=1S/C22H23N3O3/c26-20-15-25(22(27)8-5-16-3-1-10-23-14-16)12-9-21(20)28-18-7-6-17-4-2-11-24-19(17)13-18/h1-4,6-7,10-11,13-14,20-21,26H,5,8-9,12,15H2/t20-,21-/m1/s1. The Kier molecular flexibility index (Phi) is 5.48. The number of rotatable bonds is 5. The van der Waals surface area contributed by atoms with Crippen molar-refractivity contribution >= 4 is 16.8 Å². The highest BCUT2D eigenvalue weighted by Gasteiger charge is 2.31. The average molecular weight is 377 g/mol. The van der Waals surface area contributed by atoms with E-state index >= 15 is 0 Å². The van der Waals surface area contributed by atoms with Gasteiger partial charge in [-0.25, -0.2) is 0 Å². The molecule has 0 saturated carbocycles. The highest BCUT2D eigenvalue weighted by atomic mass is 16.5. The summed E-state index contributed by atoms with van der Waals surface area (Å²) in [6.07, 6.45) is 5.87. The first-order valence-electron chi connectivity index (χ1n) is 9.55. The van der Waals surface area contributed by atoms with Crippen molar-refractivity contribution in [3.8, 4) is 5.75 Å². The van der Waals surface area contributed by atoms with Crippen molar-refractivity contribution in [1.29, 1.82) is 0 Å². The number of fused-ring (bicyclic) bond motifs is 1. The van der Waals surface area contributed by atoms with Gasteiger partial charge in [-0.15, -0.1) is 0 Å². The molecule has 1 aromatic carbocycles. The summed E-state index contributed by atoms with van der Waals surface area (Å²) in [7, 11) is 0. The molecule has 0 radical (unpaired) electrons.